The van der Waals surface area contributed by atoms with E-state index >= 15 is 0 Å². The molecule has 0 bridgehead atoms. The minimum absolute atomic E-state index is 0.0406. The Morgan fingerprint density at radius 1 is 0.933 bits per heavy atom. The van der Waals surface area contributed by atoms with Gasteiger partial charge in [-0.2, -0.15) is 0 Å². The molecule has 0 fully saturated rings. The van der Waals surface area contributed by atoms with Gasteiger partial charge in [-0.25, -0.2) is 0 Å². The number of phenolic OH excluding ortho intramolecular Hbond substituents is 1. The van der Waals surface area contributed by atoms with Crippen LogP contribution in [0.3, 0.4) is 0 Å². The fourth-order valence-electron chi connectivity index (χ4n) is 2.98. The van der Waals surface area contributed by atoms with Crippen molar-refractivity contribution in [3.8, 4) is 5.75 Å². The van der Waals surface area contributed by atoms with E-state index in [0.717, 1.165) is 11.8 Å². The van der Waals surface area contributed by atoms with Gasteiger partial charge in [-0.3, -0.25) is 0 Å². The van der Waals surface area contributed by atoms with E-state index in [1.807, 2.05) is 0 Å². The number of benzene rings is 2. The van der Waals surface area contributed by atoms with Crippen LogP contribution >= 0.6 is 17.9 Å². The summed E-state index contributed by atoms with van der Waals surface area (Å²) in [6.07, 6.45) is 0. The van der Waals surface area contributed by atoms with Gasteiger partial charge in [0.25, 0.3) is 0 Å². The maximum absolute atomic E-state index is 11.2. The first-order chi connectivity index (χ1) is 13.7. The van der Waals surface area contributed by atoms with Crippen LogP contribution in [0.15, 0.2) is 36.4 Å². The summed E-state index contributed by atoms with van der Waals surface area (Å²) in [5, 5.41) is 21.0. The van der Waals surface area contributed by atoms with Gasteiger partial charge in [0.05, 0.1) is 16.1 Å². The summed E-state index contributed by atoms with van der Waals surface area (Å²) in [6.45, 7) is 21.3. The molecule has 0 aliphatic rings. The van der Waals surface area contributed by atoms with E-state index < -0.39 is 16.1 Å². The summed E-state index contributed by atoms with van der Waals surface area (Å²) in [4.78, 5) is 0. The summed E-state index contributed by atoms with van der Waals surface area (Å²) in [5.41, 5.74) is 1.23. The Morgan fingerprint density at radius 2 is 1.50 bits per heavy atom. The second kappa shape index (κ2) is 11.3. The first-order valence-electron chi connectivity index (χ1n) is 10.3. The van der Waals surface area contributed by atoms with Crippen LogP contribution in [0.1, 0.15) is 26.3 Å². The molecule has 2 rings (SSSR count). The number of rotatable bonds is 6. The standard InChI is InChI=1S/C23H37NOPSi2.ClH.Ti/c1-23(2,3)24-16-17-12-10-11-13-19(17)26-20-14-18(27(4,5)6)15-21(22(20)25)28(7,8)9;;/h10-15,25-26H,16H2,1-9H3;1H;/q-1;;+2/p-1. The van der Waals surface area contributed by atoms with Crippen LogP contribution in [0.2, 0.25) is 39.3 Å². The molecular weight excluding hydrogens is 477 g/mol. The Hall–Kier alpha value is 0.0681. The van der Waals surface area contributed by atoms with Gasteiger partial charge >= 0.3 is 28.7 Å². The Kier molecular flexibility index (Phi) is 10.6. The van der Waals surface area contributed by atoms with Crippen LogP contribution in [0, 0.1) is 0 Å². The summed E-state index contributed by atoms with van der Waals surface area (Å²) in [7, 11) is 1.99. The molecular formula is C23H37ClNOPSi2Ti. The van der Waals surface area contributed by atoms with Gasteiger partial charge in [0.15, 0.2) is 0 Å². The average molecular weight is 514 g/mol. The van der Waals surface area contributed by atoms with Crippen molar-refractivity contribution in [2.75, 3.05) is 0 Å². The third-order valence-corrected chi connectivity index (χ3v) is 10.2. The number of hydrogen-bond acceptors (Lipinski definition) is 1. The van der Waals surface area contributed by atoms with Crippen LogP contribution in [-0.4, -0.2) is 26.8 Å². The van der Waals surface area contributed by atoms with E-state index in [-0.39, 0.29) is 5.54 Å². The molecule has 0 amide bonds. The van der Waals surface area contributed by atoms with Crippen molar-refractivity contribution in [2.45, 2.75) is 72.1 Å². The molecule has 1 atom stereocenters. The van der Waals surface area contributed by atoms with E-state index in [1.54, 1.807) is 0 Å². The predicted molar refractivity (Wildman–Crippen MR) is 141 cm³/mol. The van der Waals surface area contributed by atoms with Gasteiger partial charge in [-0.05, 0) is 10.5 Å². The molecule has 0 aliphatic heterocycles. The molecule has 1 unspecified atom stereocenters. The number of nitrogens with zero attached hydrogens (tertiary/aromatic N) is 1. The fraction of sp³-hybridized carbons (Fsp3) is 0.478. The van der Waals surface area contributed by atoms with Gasteiger partial charge in [-0.1, -0.05) is 116 Å². The first kappa shape index (κ1) is 28.1. The Bertz CT molecular complexity index is 843. The average Bonchev–Trinajstić information content (AvgIpc) is 2.61. The molecule has 0 saturated carbocycles. The molecule has 30 heavy (non-hydrogen) atoms. The third kappa shape index (κ3) is 8.54. The summed E-state index contributed by atoms with van der Waals surface area (Å²) < 4.78 is 0. The van der Waals surface area contributed by atoms with Crippen molar-refractivity contribution in [1.29, 1.82) is 0 Å². The molecule has 7 heteroatoms. The van der Waals surface area contributed by atoms with Crippen LogP contribution in [-0.2, 0) is 25.9 Å². The van der Waals surface area contributed by atoms with Gasteiger partial charge in [-0.15, -0.1) is 12.1 Å². The summed E-state index contributed by atoms with van der Waals surface area (Å²) >= 11 is 1.47. The fourth-order valence-corrected chi connectivity index (χ4v) is 7.26. The molecule has 0 heterocycles. The Morgan fingerprint density at radius 3 is 2.00 bits per heavy atom. The van der Waals surface area contributed by atoms with Gasteiger partial charge in [0.1, 0.15) is 5.75 Å². The Balaban J connectivity index is 0.00000218. The number of hydrogen-bond donors (Lipinski definition) is 1. The van der Waals surface area contributed by atoms with E-state index in [9.17, 15) is 5.11 Å². The molecule has 0 saturated heterocycles. The summed E-state index contributed by atoms with van der Waals surface area (Å²) in [5.74, 6) is 0.530. The van der Waals surface area contributed by atoms with Crippen molar-refractivity contribution in [1.82, 2.24) is 0 Å². The molecule has 0 aromatic heterocycles. The van der Waals surface area contributed by atoms with Crippen molar-refractivity contribution in [2.24, 2.45) is 0 Å². The van der Waals surface area contributed by atoms with E-state index in [1.165, 1.54) is 40.6 Å². The van der Waals surface area contributed by atoms with E-state index in [0.29, 0.717) is 14.3 Å². The second-order valence-corrected chi connectivity index (χ2v) is 22.1. The molecule has 0 spiro atoms. The van der Waals surface area contributed by atoms with Crippen LogP contribution in [0.25, 0.3) is 5.32 Å². The summed E-state index contributed by atoms with van der Waals surface area (Å²) in [6, 6.07) is 13.1. The van der Waals surface area contributed by atoms with E-state index in [2.05, 4.69) is 106 Å². The monoisotopic (exact) mass is 513 g/mol. The van der Waals surface area contributed by atoms with Crippen molar-refractivity contribution in [3.05, 3.63) is 47.3 Å². The quantitative estimate of drug-likeness (QED) is 0.403. The topological polar surface area (TPSA) is 34.3 Å². The zero-order valence-corrected chi connectivity index (χ0v) is 25.3. The van der Waals surface area contributed by atoms with Crippen LogP contribution < -0.4 is 21.0 Å². The SMILES string of the molecule is CC(C)(C)[N-]Cc1ccccc1Pc1cc([Si](C)(C)C)cc([Si](C)(C)C)c1O.[Cl][Ti+]. The van der Waals surface area contributed by atoms with Gasteiger partial charge in [0, 0.05) is 5.30 Å². The van der Waals surface area contributed by atoms with Crippen molar-refractivity contribution >= 4 is 55.0 Å². The first-order valence-corrected chi connectivity index (χ1v) is 20.4. The van der Waals surface area contributed by atoms with Crippen molar-refractivity contribution in [3.63, 3.8) is 0 Å². The van der Waals surface area contributed by atoms with Gasteiger partial charge < -0.3 is 10.4 Å². The second-order valence-electron chi connectivity index (χ2n) is 10.7. The number of phenols is 1. The molecule has 0 aliphatic carbocycles. The molecule has 0 radical (unpaired) electrons. The zero-order chi connectivity index (χ0) is 23.3. The predicted octanol–water partition coefficient (Wildman–Crippen LogP) is 5.47. The van der Waals surface area contributed by atoms with E-state index in [4.69, 9.17) is 5.32 Å². The maximum atomic E-state index is 11.2. The third-order valence-electron chi connectivity index (χ3n) is 4.79. The van der Waals surface area contributed by atoms with Crippen LogP contribution in [0.5, 0.6) is 5.75 Å². The van der Waals surface area contributed by atoms with Gasteiger partial charge in [0.2, 0.25) is 0 Å². The molecule has 1 N–H and O–H groups in total. The minimum atomic E-state index is -1.63. The Labute approximate surface area is 203 Å². The van der Waals surface area contributed by atoms with Crippen molar-refractivity contribution < 1.29 is 24.5 Å². The molecule has 2 nitrogen and oxygen atoms in total. The molecule has 2 aromatic rings. The number of halogens is 1. The molecule has 2 aromatic carbocycles. The molecule has 164 valence electrons. The number of aromatic hydroxyl groups is 1. The zero-order valence-electron chi connectivity index (χ0n) is 19.9. The van der Waals surface area contributed by atoms with Crippen LogP contribution in [0.4, 0.5) is 0 Å². The normalized spacial score (nSPS) is 12.7.